The van der Waals surface area contributed by atoms with Gasteiger partial charge in [0.15, 0.2) is 0 Å². The summed E-state index contributed by atoms with van der Waals surface area (Å²) in [7, 11) is 1.55. The highest BCUT2D eigenvalue weighted by atomic mass is 35.5. The normalized spacial score (nSPS) is 16.4. The zero-order chi connectivity index (χ0) is 21.0. The molecule has 1 atom stereocenters. The van der Waals surface area contributed by atoms with Crippen LogP contribution in [-0.2, 0) is 11.3 Å². The van der Waals surface area contributed by atoms with Crippen LogP contribution >= 0.6 is 11.6 Å². The van der Waals surface area contributed by atoms with E-state index in [0.29, 0.717) is 28.6 Å². The summed E-state index contributed by atoms with van der Waals surface area (Å²) in [5, 5.41) is 3.55. The van der Waals surface area contributed by atoms with Gasteiger partial charge in [-0.15, -0.1) is 0 Å². The van der Waals surface area contributed by atoms with Gasteiger partial charge in [-0.2, -0.15) is 0 Å². The summed E-state index contributed by atoms with van der Waals surface area (Å²) in [5.74, 6) is 0.276. The van der Waals surface area contributed by atoms with Crippen LogP contribution in [0.25, 0.3) is 0 Å². The highest BCUT2D eigenvalue weighted by Crippen LogP contribution is 2.31. The number of rotatable bonds is 6. The maximum absolute atomic E-state index is 13.9. The number of carbonyl (C=O) groups is 1. The van der Waals surface area contributed by atoms with Crippen LogP contribution in [0.1, 0.15) is 18.1 Å². The van der Waals surface area contributed by atoms with Gasteiger partial charge in [-0.3, -0.25) is 14.6 Å². The number of anilines is 1. The molecule has 156 valence electrons. The summed E-state index contributed by atoms with van der Waals surface area (Å²) < 4.78 is 19.2. The van der Waals surface area contributed by atoms with E-state index in [2.05, 4.69) is 15.1 Å². The summed E-state index contributed by atoms with van der Waals surface area (Å²) in [4.78, 5) is 17.1. The molecule has 2 aromatic rings. The van der Waals surface area contributed by atoms with Gasteiger partial charge in [-0.1, -0.05) is 29.8 Å². The molecule has 1 aliphatic rings. The van der Waals surface area contributed by atoms with Gasteiger partial charge < -0.3 is 10.1 Å². The number of halogens is 2. The second kappa shape index (κ2) is 9.57. The van der Waals surface area contributed by atoms with E-state index in [9.17, 15) is 9.18 Å². The van der Waals surface area contributed by atoms with E-state index in [4.69, 9.17) is 16.3 Å². The van der Waals surface area contributed by atoms with Crippen LogP contribution < -0.4 is 10.1 Å². The van der Waals surface area contributed by atoms with E-state index < -0.39 is 0 Å². The number of aryl methyl sites for hydroxylation is 1. The van der Waals surface area contributed by atoms with Crippen LogP contribution in [0.2, 0.25) is 5.02 Å². The van der Waals surface area contributed by atoms with Crippen molar-refractivity contribution in [3.63, 3.8) is 0 Å². The Kier molecular flexibility index (Phi) is 7.11. The van der Waals surface area contributed by atoms with Gasteiger partial charge in [0.25, 0.3) is 0 Å². The van der Waals surface area contributed by atoms with Crippen molar-refractivity contribution in [2.75, 3.05) is 38.6 Å². The molecule has 1 fully saturated rings. The number of carbonyl (C=O) groups excluding carboxylic acids is 1. The molecule has 3 rings (SSSR count). The molecule has 0 bridgehead atoms. The molecule has 29 heavy (non-hydrogen) atoms. The highest BCUT2D eigenvalue weighted by molar-refractivity contribution is 6.31. The van der Waals surface area contributed by atoms with E-state index in [1.807, 2.05) is 32.0 Å². The lowest BCUT2D eigenvalue weighted by Gasteiger charge is -2.37. The van der Waals surface area contributed by atoms with Crippen molar-refractivity contribution in [3.05, 3.63) is 58.4 Å². The quantitative estimate of drug-likeness (QED) is 0.770. The smallest absolute Gasteiger partial charge is 0.241 e. The summed E-state index contributed by atoms with van der Waals surface area (Å²) in [5.41, 5.74) is 2.19. The molecule has 7 heteroatoms. The van der Waals surface area contributed by atoms with Crippen LogP contribution in [0.3, 0.4) is 0 Å². The highest BCUT2D eigenvalue weighted by Gasteiger charge is 2.26. The molecule has 1 aliphatic heterocycles. The van der Waals surface area contributed by atoms with E-state index in [-0.39, 0.29) is 17.8 Å². The number of hydrogen-bond donors (Lipinski definition) is 1. The third-order valence-electron chi connectivity index (χ3n) is 5.42. The summed E-state index contributed by atoms with van der Waals surface area (Å²) in [6.45, 7) is 7.44. The predicted octanol–water partition coefficient (Wildman–Crippen LogP) is 3.94. The Bertz CT molecular complexity index is 869. The molecule has 0 radical (unpaired) electrons. The monoisotopic (exact) mass is 419 g/mol. The van der Waals surface area contributed by atoms with E-state index in [0.717, 1.165) is 31.7 Å². The number of nitrogens with zero attached hydrogens (tertiary/aromatic N) is 2. The van der Waals surface area contributed by atoms with Crippen molar-refractivity contribution in [1.29, 1.82) is 0 Å². The fourth-order valence-electron chi connectivity index (χ4n) is 3.51. The number of benzene rings is 2. The maximum Gasteiger partial charge on any atom is 0.241 e. The standard InChI is InChI=1S/C22H27ClFN3O2/c1-15-12-20(21(29-3)13-18(15)23)25-22(28)16(2)27-10-8-26(9-11-27)14-17-6-4-5-7-19(17)24/h4-7,12-13,16H,8-11,14H2,1-3H3,(H,25,28). The van der Waals surface area contributed by atoms with Crippen molar-refractivity contribution in [1.82, 2.24) is 9.80 Å². The zero-order valence-corrected chi connectivity index (χ0v) is 17.8. The number of hydrogen-bond acceptors (Lipinski definition) is 4. The first-order valence-electron chi connectivity index (χ1n) is 9.74. The van der Waals surface area contributed by atoms with Gasteiger partial charge >= 0.3 is 0 Å². The van der Waals surface area contributed by atoms with Crippen molar-refractivity contribution in [2.45, 2.75) is 26.4 Å². The largest absolute Gasteiger partial charge is 0.495 e. The first kappa shape index (κ1) is 21.6. The molecule has 1 unspecified atom stereocenters. The Balaban J connectivity index is 1.56. The fraction of sp³-hybridized carbons (Fsp3) is 0.409. The van der Waals surface area contributed by atoms with Gasteiger partial charge in [0.2, 0.25) is 5.91 Å². The van der Waals surface area contributed by atoms with E-state index in [1.54, 1.807) is 19.2 Å². The van der Waals surface area contributed by atoms with E-state index >= 15 is 0 Å². The Labute approximate surface area is 176 Å². The summed E-state index contributed by atoms with van der Waals surface area (Å²) >= 11 is 6.14. The van der Waals surface area contributed by atoms with Crippen LogP contribution in [0.15, 0.2) is 36.4 Å². The molecular weight excluding hydrogens is 393 g/mol. The van der Waals surface area contributed by atoms with Crippen molar-refractivity contribution >= 4 is 23.2 Å². The molecule has 2 aromatic carbocycles. The number of piperazine rings is 1. The molecule has 0 saturated carbocycles. The van der Waals surface area contributed by atoms with Crippen LogP contribution in [0.5, 0.6) is 5.75 Å². The van der Waals surface area contributed by atoms with Gasteiger partial charge in [-0.05, 0) is 31.5 Å². The molecule has 1 heterocycles. The minimum Gasteiger partial charge on any atom is -0.495 e. The Morgan fingerprint density at radius 3 is 2.59 bits per heavy atom. The summed E-state index contributed by atoms with van der Waals surface area (Å²) in [6.07, 6.45) is 0. The number of methoxy groups -OCH3 is 1. The molecule has 0 spiro atoms. The Hall–Kier alpha value is -2.15. The minimum absolute atomic E-state index is 0.0902. The SMILES string of the molecule is COc1cc(Cl)c(C)cc1NC(=O)C(C)N1CCN(Cc2ccccc2F)CC1. The Morgan fingerprint density at radius 1 is 1.24 bits per heavy atom. The van der Waals surface area contributed by atoms with Crippen molar-refractivity contribution < 1.29 is 13.9 Å². The third-order valence-corrected chi connectivity index (χ3v) is 5.83. The van der Waals surface area contributed by atoms with Crippen LogP contribution in [0.4, 0.5) is 10.1 Å². The molecule has 0 aromatic heterocycles. The van der Waals surface area contributed by atoms with Crippen LogP contribution in [-0.4, -0.2) is 55.0 Å². The average Bonchev–Trinajstić information content (AvgIpc) is 2.72. The van der Waals surface area contributed by atoms with Crippen molar-refractivity contribution in [2.24, 2.45) is 0 Å². The molecule has 1 amide bonds. The molecule has 0 aliphatic carbocycles. The van der Waals surface area contributed by atoms with Crippen molar-refractivity contribution in [3.8, 4) is 5.75 Å². The second-order valence-electron chi connectivity index (χ2n) is 7.37. The average molecular weight is 420 g/mol. The molecule has 5 nitrogen and oxygen atoms in total. The van der Waals surface area contributed by atoms with Gasteiger partial charge in [0.1, 0.15) is 11.6 Å². The topological polar surface area (TPSA) is 44.8 Å². The lowest BCUT2D eigenvalue weighted by atomic mass is 10.1. The minimum atomic E-state index is -0.286. The van der Waals surface area contributed by atoms with Crippen LogP contribution in [0, 0.1) is 12.7 Å². The lowest BCUT2D eigenvalue weighted by molar-refractivity contribution is -0.121. The maximum atomic E-state index is 13.9. The molecule has 1 N–H and O–H groups in total. The fourth-order valence-corrected chi connectivity index (χ4v) is 3.66. The molecule has 1 saturated heterocycles. The van der Waals surface area contributed by atoms with Gasteiger partial charge in [0, 0.05) is 49.4 Å². The number of amides is 1. The van der Waals surface area contributed by atoms with E-state index in [1.165, 1.54) is 6.07 Å². The second-order valence-corrected chi connectivity index (χ2v) is 7.78. The molecular formula is C22H27ClFN3O2. The van der Waals surface area contributed by atoms with Gasteiger partial charge in [-0.25, -0.2) is 4.39 Å². The zero-order valence-electron chi connectivity index (χ0n) is 17.0. The first-order chi connectivity index (χ1) is 13.9. The third kappa shape index (κ3) is 5.26. The number of ether oxygens (including phenoxy) is 1. The Morgan fingerprint density at radius 2 is 1.93 bits per heavy atom. The van der Waals surface area contributed by atoms with Gasteiger partial charge in [0.05, 0.1) is 18.8 Å². The lowest BCUT2D eigenvalue weighted by Crippen LogP contribution is -2.52. The summed E-state index contributed by atoms with van der Waals surface area (Å²) in [6, 6.07) is 10.1. The first-order valence-corrected chi connectivity index (χ1v) is 10.1. The predicted molar refractivity (Wildman–Crippen MR) is 114 cm³/mol. The number of nitrogens with one attached hydrogen (secondary N) is 1.